The van der Waals surface area contributed by atoms with E-state index in [0.717, 1.165) is 11.1 Å². The molecule has 0 spiro atoms. The molecular weight excluding hydrogens is 380 g/mol. The Labute approximate surface area is 164 Å². The van der Waals surface area contributed by atoms with E-state index >= 15 is 0 Å². The Morgan fingerprint density at radius 1 is 1.07 bits per heavy atom. The first-order valence-corrected chi connectivity index (χ1v) is 9.95. The van der Waals surface area contributed by atoms with E-state index in [1.54, 1.807) is 0 Å². The number of ether oxygens (including phenoxy) is 1. The number of hydrogen-bond acceptors (Lipinski definition) is 5. The number of carbonyl (C=O) groups excluding carboxylic acids is 2. The molecule has 0 aliphatic rings. The highest BCUT2D eigenvalue weighted by molar-refractivity contribution is 7.89. The molecule has 1 amide bonds. The second-order valence-electron chi connectivity index (χ2n) is 6.17. The predicted molar refractivity (Wildman–Crippen MR) is 107 cm³/mol. The fraction of sp³-hybridized carbons (Fsp3) is 0.200. The Balaban J connectivity index is 1.93. The standard InChI is InChI=1S/C20H22N2O5S/c1-4-9-21-28(25,26)18-7-5-16(6-8-18)20(24)27-13-19(23)22-17-11-14(2)10-15(3)12-17/h4-8,10-12,21H,1,9,13H2,2-3H3,(H,22,23). The summed E-state index contributed by atoms with van der Waals surface area (Å²) in [7, 11) is -3.67. The zero-order chi connectivity index (χ0) is 20.7. The van der Waals surface area contributed by atoms with Crippen LogP contribution in [0.25, 0.3) is 0 Å². The van der Waals surface area contributed by atoms with E-state index in [9.17, 15) is 18.0 Å². The van der Waals surface area contributed by atoms with Gasteiger partial charge in [-0.05, 0) is 61.4 Å². The minimum absolute atomic E-state index is 0.0125. The highest BCUT2D eigenvalue weighted by Crippen LogP contribution is 2.14. The lowest BCUT2D eigenvalue weighted by molar-refractivity contribution is -0.119. The maximum absolute atomic E-state index is 12.1. The van der Waals surface area contributed by atoms with E-state index in [-0.39, 0.29) is 17.0 Å². The monoisotopic (exact) mass is 402 g/mol. The second-order valence-corrected chi connectivity index (χ2v) is 7.93. The Hall–Kier alpha value is -2.97. The summed E-state index contributed by atoms with van der Waals surface area (Å²) in [5.74, 6) is -1.19. The third kappa shape index (κ3) is 6.04. The lowest BCUT2D eigenvalue weighted by Gasteiger charge is -2.09. The van der Waals surface area contributed by atoms with Gasteiger partial charge in [-0.2, -0.15) is 0 Å². The van der Waals surface area contributed by atoms with Crippen molar-refractivity contribution < 1.29 is 22.7 Å². The number of anilines is 1. The SMILES string of the molecule is C=CCNS(=O)(=O)c1ccc(C(=O)OCC(=O)Nc2cc(C)cc(C)c2)cc1. The number of esters is 1. The number of carbonyl (C=O) groups is 2. The Morgan fingerprint density at radius 3 is 2.25 bits per heavy atom. The molecule has 0 aromatic heterocycles. The van der Waals surface area contributed by atoms with Crippen LogP contribution in [0.5, 0.6) is 0 Å². The molecule has 2 aromatic rings. The van der Waals surface area contributed by atoms with Crippen LogP contribution < -0.4 is 10.0 Å². The molecule has 0 aliphatic carbocycles. The fourth-order valence-electron chi connectivity index (χ4n) is 2.48. The van der Waals surface area contributed by atoms with Crippen molar-refractivity contribution in [1.29, 1.82) is 0 Å². The van der Waals surface area contributed by atoms with Crippen molar-refractivity contribution in [3.05, 3.63) is 71.8 Å². The zero-order valence-corrected chi connectivity index (χ0v) is 16.5. The average molecular weight is 402 g/mol. The topological polar surface area (TPSA) is 102 Å². The van der Waals surface area contributed by atoms with Gasteiger partial charge in [-0.1, -0.05) is 12.1 Å². The summed E-state index contributed by atoms with van der Waals surface area (Å²) in [6, 6.07) is 10.8. The molecule has 2 rings (SSSR count). The van der Waals surface area contributed by atoms with Crippen LogP contribution in [0.1, 0.15) is 21.5 Å². The van der Waals surface area contributed by atoms with Crippen LogP contribution >= 0.6 is 0 Å². The average Bonchev–Trinajstić information content (AvgIpc) is 2.63. The van der Waals surface area contributed by atoms with Gasteiger partial charge >= 0.3 is 5.97 Å². The second kappa shape index (κ2) is 9.29. The number of nitrogens with one attached hydrogen (secondary N) is 2. The van der Waals surface area contributed by atoms with Gasteiger partial charge in [0.15, 0.2) is 6.61 Å². The van der Waals surface area contributed by atoms with Gasteiger partial charge in [-0.25, -0.2) is 17.9 Å². The molecule has 0 radical (unpaired) electrons. The molecule has 0 saturated heterocycles. The van der Waals surface area contributed by atoms with Crippen molar-refractivity contribution in [2.75, 3.05) is 18.5 Å². The van der Waals surface area contributed by atoms with E-state index in [1.807, 2.05) is 32.0 Å². The van der Waals surface area contributed by atoms with Crippen molar-refractivity contribution in [3.63, 3.8) is 0 Å². The third-order valence-corrected chi connectivity index (χ3v) is 5.10. The molecule has 148 valence electrons. The summed E-state index contributed by atoms with van der Waals surface area (Å²) >= 11 is 0. The van der Waals surface area contributed by atoms with E-state index < -0.39 is 28.5 Å². The molecule has 2 N–H and O–H groups in total. The summed E-state index contributed by atoms with van der Waals surface area (Å²) in [4.78, 5) is 24.0. The van der Waals surface area contributed by atoms with Gasteiger partial charge in [0.2, 0.25) is 10.0 Å². The van der Waals surface area contributed by atoms with Crippen molar-refractivity contribution in [3.8, 4) is 0 Å². The van der Waals surface area contributed by atoms with Crippen LogP contribution in [0, 0.1) is 13.8 Å². The van der Waals surface area contributed by atoms with Crippen molar-refractivity contribution in [2.24, 2.45) is 0 Å². The molecule has 0 bridgehead atoms. The van der Waals surface area contributed by atoms with Gasteiger partial charge in [0, 0.05) is 12.2 Å². The lowest BCUT2D eigenvalue weighted by Crippen LogP contribution is -2.23. The van der Waals surface area contributed by atoms with Gasteiger partial charge in [-0.15, -0.1) is 6.58 Å². The van der Waals surface area contributed by atoms with Crippen LogP contribution in [-0.2, 0) is 19.6 Å². The molecule has 28 heavy (non-hydrogen) atoms. The highest BCUT2D eigenvalue weighted by Gasteiger charge is 2.15. The lowest BCUT2D eigenvalue weighted by atomic mass is 10.1. The first-order valence-electron chi connectivity index (χ1n) is 8.47. The third-order valence-electron chi connectivity index (χ3n) is 3.66. The summed E-state index contributed by atoms with van der Waals surface area (Å²) in [6.45, 7) is 6.92. The molecule has 7 nitrogen and oxygen atoms in total. The number of hydrogen-bond donors (Lipinski definition) is 2. The molecular formula is C20H22N2O5S. The number of rotatable bonds is 8. The van der Waals surface area contributed by atoms with Crippen molar-refractivity contribution in [2.45, 2.75) is 18.7 Å². The molecule has 0 fully saturated rings. The molecule has 8 heteroatoms. The summed E-state index contributed by atoms with van der Waals surface area (Å²) in [5, 5.41) is 2.67. The van der Waals surface area contributed by atoms with E-state index in [1.165, 1.54) is 30.3 Å². The number of aryl methyl sites for hydroxylation is 2. The van der Waals surface area contributed by atoms with Gasteiger partial charge in [0.05, 0.1) is 10.5 Å². The first-order chi connectivity index (χ1) is 13.2. The van der Waals surface area contributed by atoms with Crippen LogP contribution in [-0.4, -0.2) is 33.4 Å². The maximum atomic E-state index is 12.1. The summed E-state index contributed by atoms with van der Waals surface area (Å²) < 4.78 is 31.3. The minimum Gasteiger partial charge on any atom is -0.452 e. The minimum atomic E-state index is -3.67. The van der Waals surface area contributed by atoms with Crippen LogP contribution in [0.3, 0.4) is 0 Å². The Kier molecular flexibility index (Phi) is 7.08. The van der Waals surface area contributed by atoms with E-state index in [4.69, 9.17) is 4.74 Å². The highest BCUT2D eigenvalue weighted by atomic mass is 32.2. The molecule has 2 aromatic carbocycles. The fourth-order valence-corrected chi connectivity index (χ4v) is 3.48. The van der Waals surface area contributed by atoms with Gasteiger partial charge < -0.3 is 10.1 Å². The number of sulfonamides is 1. The first kappa shape index (κ1) is 21.3. The predicted octanol–water partition coefficient (Wildman–Crippen LogP) is 2.56. The normalized spacial score (nSPS) is 10.9. The Bertz CT molecular complexity index is 962. The smallest absolute Gasteiger partial charge is 0.338 e. The van der Waals surface area contributed by atoms with E-state index in [0.29, 0.717) is 5.69 Å². The molecule has 0 heterocycles. The molecule has 0 aliphatic heterocycles. The van der Waals surface area contributed by atoms with Crippen molar-refractivity contribution >= 4 is 27.6 Å². The molecule has 0 saturated carbocycles. The molecule has 0 atom stereocenters. The summed E-state index contributed by atoms with van der Waals surface area (Å²) in [6.07, 6.45) is 1.42. The van der Waals surface area contributed by atoms with E-state index in [2.05, 4.69) is 16.6 Å². The molecule has 0 unspecified atom stereocenters. The summed E-state index contributed by atoms with van der Waals surface area (Å²) in [5.41, 5.74) is 2.77. The quantitative estimate of drug-likeness (QED) is 0.522. The zero-order valence-electron chi connectivity index (χ0n) is 15.7. The van der Waals surface area contributed by atoms with Crippen LogP contribution in [0.4, 0.5) is 5.69 Å². The van der Waals surface area contributed by atoms with Gasteiger partial charge in [-0.3, -0.25) is 4.79 Å². The maximum Gasteiger partial charge on any atom is 0.338 e. The van der Waals surface area contributed by atoms with Gasteiger partial charge in [0.25, 0.3) is 5.91 Å². The van der Waals surface area contributed by atoms with Crippen LogP contribution in [0.15, 0.2) is 60.0 Å². The number of benzene rings is 2. The van der Waals surface area contributed by atoms with Gasteiger partial charge in [0.1, 0.15) is 0 Å². The number of amides is 1. The van der Waals surface area contributed by atoms with Crippen molar-refractivity contribution in [1.82, 2.24) is 4.72 Å². The Morgan fingerprint density at radius 2 is 1.68 bits per heavy atom. The van der Waals surface area contributed by atoms with Crippen LogP contribution in [0.2, 0.25) is 0 Å². The largest absolute Gasteiger partial charge is 0.452 e.